The maximum atomic E-state index is 9.80. The quantitative estimate of drug-likeness (QED) is 0.119. The molecule has 0 spiro atoms. The second kappa shape index (κ2) is 20.3. The van der Waals surface area contributed by atoms with Gasteiger partial charge in [0.05, 0.1) is 0 Å². The van der Waals surface area contributed by atoms with Gasteiger partial charge >= 0.3 is 0 Å². The van der Waals surface area contributed by atoms with Gasteiger partial charge in [0.25, 0.3) is 0 Å². The minimum Gasteiger partial charge on any atom is -0.337 e. The van der Waals surface area contributed by atoms with Gasteiger partial charge < -0.3 is 9.79 Å². The van der Waals surface area contributed by atoms with E-state index in [4.69, 9.17) is 11.8 Å². The molecule has 0 saturated carbocycles. The molecule has 33 heavy (non-hydrogen) atoms. The predicted octanol–water partition coefficient (Wildman–Crippen LogP) is 10.1. The molecular weight excluding hydrogens is 463 g/mol. The van der Waals surface area contributed by atoms with Crippen LogP contribution in [-0.4, -0.2) is 9.79 Å². The third-order valence-electron chi connectivity index (χ3n) is 6.39. The molecule has 0 aliphatic rings. The van der Waals surface area contributed by atoms with Gasteiger partial charge in [0.1, 0.15) is 0 Å². The van der Waals surface area contributed by atoms with Crippen molar-refractivity contribution in [1.29, 1.82) is 0 Å². The number of hydrogen-bond acceptors (Lipinski definition) is 2. The molecular formula is C28H51O2PS2. The minimum absolute atomic E-state index is 0.933. The molecule has 192 valence electrons. The van der Waals surface area contributed by atoms with E-state index in [0.717, 1.165) is 29.1 Å². The fraction of sp³-hybridized carbons (Fsp3) is 0.786. The fourth-order valence-electron chi connectivity index (χ4n) is 4.49. The Hall–Kier alpha value is 0.140. The number of hydrogen-bond donors (Lipinski definition) is 2. The van der Waals surface area contributed by atoms with Crippen LogP contribution in [0.2, 0.25) is 0 Å². The standard InChI is InChI=1S/C28H51O2PS2/c1-3-5-7-9-11-13-15-17-19-21-26-23-27(25-28(24-26)33-31(29,30)32)22-20-18-16-14-12-10-8-6-4-2/h23-25H,3-22H2,1-2H3,(H2,29,30,32). The number of rotatable bonds is 22. The van der Waals surface area contributed by atoms with Gasteiger partial charge in [-0.15, -0.1) is 0 Å². The molecule has 2 N–H and O–H groups in total. The molecule has 0 amide bonds. The first kappa shape index (κ1) is 31.2. The van der Waals surface area contributed by atoms with Crippen LogP contribution >= 0.6 is 17.1 Å². The summed E-state index contributed by atoms with van der Waals surface area (Å²) in [5, 5.41) is 0. The number of unbranched alkanes of at least 4 members (excludes halogenated alkanes) is 16. The summed E-state index contributed by atoms with van der Waals surface area (Å²) in [6.07, 6.45) is 26.3. The van der Waals surface area contributed by atoms with E-state index in [1.165, 1.54) is 127 Å². The first-order chi connectivity index (χ1) is 15.9. The van der Waals surface area contributed by atoms with Crippen LogP contribution in [0.1, 0.15) is 141 Å². The maximum Gasteiger partial charge on any atom is 0.246 e. The highest BCUT2D eigenvalue weighted by Gasteiger charge is 2.12. The zero-order chi connectivity index (χ0) is 24.2. The monoisotopic (exact) mass is 514 g/mol. The Labute approximate surface area is 214 Å². The zero-order valence-electron chi connectivity index (χ0n) is 21.5. The van der Waals surface area contributed by atoms with Crippen molar-refractivity contribution < 1.29 is 9.79 Å². The SMILES string of the molecule is CCCCCCCCCCCc1cc(CCCCCCCCCCC)cc(SP(O)(O)=S)c1. The van der Waals surface area contributed by atoms with Crippen LogP contribution in [-0.2, 0) is 24.6 Å². The summed E-state index contributed by atoms with van der Waals surface area (Å²) >= 11 is 5.96. The van der Waals surface area contributed by atoms with Crippen LogP contribution in [0.15, 0.2) is 23.1 Å². The third kappa shape index (κ3) is 19.1. The van der Waals surface area contributed by atoms with E-state index in [9.17, 15) is 9.79 Å². The number of aryl methyl sites for hydroxylation is 2. The first-order valence-electron chi connectivity index (χ1n) is 13.8. The second-order valence-corrected chi connectivity index (χ2v) is 15.7. The zero-order valence-corrected chi connectivity index (χ0v) is 24.1. The summed E-state index contributed by atoms with van der Waals surface area (Å²) in [6, 6.07) is 6.60. The summed E-state index contributed by atoms with van der Waals surface area (Å²) in [7, 11) is 0. The highest BCUT2D eigenvalue weighted by Crippen LogP contribution is 2.55. The van der Waals surface area contributed by atoms with Crippen molar-refractivity contribution in [2.24, 2.45) is 0 Å². The van der Waals surface area contributed by atoms with Gasteiger partial charge in [0, 0.05) is 4.90 Å². The summed E-state index contributed by atoms with van der Waals surface area (Å²) in [5.41, 5.74) is -0.621. The Balaban J connectivity index is 2.38. The minimum atomic E-state index is -3.28. The first-order valence-corrected chi connectivity index (χ1v) is 18.0. The van der Waals surface area contributed by atoms with Gasteiger partial charge in [-0.2, -0.15) is 0 Å². The van der Waals surface area contributed by atoms with E-state index in [2.05, 4.69) is 32.0 Å². The van der Waals surface area contributed by atoms with Crippen molar-refractivity contribution in [1.82, 2.24) is 0 Å². The summed E-state index contributed by atoms with van der Waals surface area (Å²) in [5.74, 6) is 0. The third-order valence-corrected chi connectivity index (χ3v) is 9.09. The van der Waals surface area contributed by atoms with E-state index in [1.807, 2.05) is 0 Å². The Kier molecular flexibility index (Phi) is 19.2. The molecule has 0 aliphatic heterocycles. The molecule has 5 heteroatoms. The Morgan fingerprint density at radius 1 is 0.576 bits per heavy atom. The normalized spacial score (nSPS) is 11.9. The van der Waals surface area contributed by atoms with Crippen LogP contribution in [0.3, 0.4) is 0 Å². The van der Waals surface area contributed by atoms with Crippen LogP contribution in [0, 0.1) is 0 Å². The van der Waals surface area contributed by atoms with Crippen LogP contribution in [0.4, 0.5) is 0 Å². The molecule has 2 nitrogen and oxygen atoms in total. The van der Waals surface area contributed by atoms with Crippen LogP contribution in [0.5, 0.6) is 0 Å². The molecule has 0 aromatic heterocycles. The highest BCUT2D eigenvalue weighted by molar-refractivity contribution is 8.67. The average molecular weight is 515 g/mol. The van der Waals surface area contributed by atoms with Gasteiger partial charge in [-0.3, -0.25) is 0 Å². The molecule has 0 unspecified atom stereocenters. The van der Waals surface area contributed by atoms with Gasteiger partial charge in [-0.1, -0.05) is 123 Å². The van der Waals surface area contributed by atoms with E-state index >= 15 is 0 Å². The largest absolute Gasteiger partial charge is 0.337 e. The molecule has 0 saturated heterocycles. The smallest absolute Gasteiger partial charge is 0.246 e. The molecule has 0 atom stereocenters. The van der Waals surface area contributed by atoms with Crippen LogP contribution < -0.4 is 0 Å². The van der Waals surface area contributed by atoms with E-state index in [1.54, 1.807) is 0 Å². The van der Waals surface area contributed by atoms with Gasteiger partial charge in [-0.25, -0.2) is 0 Å². The van der Waals surface area contributed by atoms with Gasteiger partial charge in [0.15, 0.2) is 0 Å². The molecule has 1 aromatic carbocycles. The molecule has 1 rings (SSSR count). The van der Waals surface area contributed by atoms with Gasteiger partial charge in [-0.05, 0) is 72.1 Å². The molecule has 0 fully saturated rings. The number of benzene rings is 1. The Morgan fingerprint density at radius 3 is 1.24 bits per heavy atom. The van der Waals surface area contributed by atoms with Crippen molar-refractivity contribution >= 4 is 28.9 Å². The summed E-state index contributed by atoms with van der Waals surface area (Å²) in [6.45, 7) is 4.54. The topological polar surface area (TPSA) is 40.5 Å². The average Bonchev–Trinajstić information content (AvgIpc) is 2.75. The molecule has 1 aromatic rings. The van der Waals surface area contributed by atoms with Crippen molar-refractivity contribution in [2.45, 2.75) is 147 Å². The molecule has 0 bridgehead atoms. The van der Waals surface area contributed by atoms with E-state index in [-0.39, 0.29) is 0 Å². The van der Waals surface area contributed by atoms with Crippen molar-refractivity contribution in [3.05, 3.63) is 29.3 Å². The van der Waals surface area contributed by atoms with Crippen molar-refractivity contribution in [3.63, 3.8) is 0 Å². The van der Waals surface area contributed by atoms with E-state index in [0.29, 0.717) is 0 Å². The fourth-order valence-corrected chi connectivity index (χ4v) is 7.08. The molecule has 0 radical (unpaired) electrons. The molecule has 0 heterocycles. The van der Waals surface area contributed by atoms with Crippen molar-refractivity contribution in [3.8, 4) is 0 Å². The van der Waals surface area contributed by atoms with Crippen LogP contribution in [0.25, 0.3) is 0 Å². The van der Waals surface area contributed by atoms with Gasteiger partial charge in [0.2, 0.25) is 5.69 Å². The molecule has 0 aliphatic carbocycles. The lowest BCUT2D eigenvalue weighted by atomic mass is 9.99. The summed E-state index contributed by atoms with van der Waals surface area (Å²) < 4.78 is 0. The predicted molar refractivity (Wildman–Crippen MR) is 153 cm³/mol. The van der Waals surface area contributed by atoms with E-state index < -0.39 is 5.69 Å². The summed E-state index contributed by atoms with van der Waals surface area (Å²) in [4.78, 5) is 20.5. The highest BCUT2D eigenvalue weighted by atomic mass is 32.9. The Morgan fingerprint density at radius 2 is 0.909 bits per heavy atom. The van der Waals surface area contributed by atoms with Crippen molar-refractivity contribution in [2.75, 3.05) is 0 Å². The lowest BCUT2D eigenvalue weighted by Gasteiger charge is -2.12. The Bertz CT molecular complexity index is 605. The second-order valence-electron chi connectivity index (χ2n) is 9.72. The maximum absolute atomic E-state index is 9.80. The lowest BCUT2D eigenvalue weighted by molar-refractivity contribution is 0.502. The lowest BCUT2D eigenvalue weighted by Crippen LogP contribution is -1.93.